The molecular weight excluding hydrogens is 683 g/mol. The Morgan fingerprint density at radius 2 is 0.927 bits per heavy atom. The van der Waals surface area contributed by atoms with Crippen LogP contribution in [0.3, 0.4) is 0 Å². The van der Waals surface area contributed by atoms with Gasteiger partial charge in [-0.2, -0.15) is 0 Å². The third-order valence-corrected chi connectivity index (χ3v) is 13.9. The van der Waals surface area contributed by atoms with Crippen LogP contribution in [0.25, 0.3) is 104 Å². The van der Waals surface area contributed by atoms with E-state index in [2.05, 4.69) is 179 Å². The fourth-order valence-corrected chi connectivity index (χ4v) is 10.4. The van der Waals surface area contributed by atoms with E-state index in [1.54, 1.807) is 0 Å². The molecule has 0 N–H and O–H groups in total. The van der Waals surface area contributed by atoms with Gasteiger partial charge in [-0.3, -0.25) is 0 Å². The fourth-order valence-electron chi connectivity index (χ4n) is 9.26. The van der Waals surface area contributed by atoms with Crippen molar-refractivity contribution in [2.75, 3.05) is 0 Å². The van der Waals surface area contributed by atoms with E-state index in [4.69, 9.17) is 2.74 Å². The summed E-state index contributed by atoms with van der Waals surface area (Å²) < 4.78 is 43.0. The Kier molecular flexibility index (Phi) is 5.39. The molecule has 0 aliphatic rings. The summed E-state index contributed by atoms with van der Waals surface area (Å²) in [4.78, 5) is 0. The van der Waals surface area contributed by atoms with Crippen molar-refractivity contribution in [3.63, 3.8) is 0 Å². The van der Waals surface area contributed by atoms with Crippen molar-refractivity contribution < 1.29 is 5.48 Å². The van der Waals surface area contributed by atoms with Crippen LogP contribution in [0.1, 0.15) is 5.48 Å². The van der Waals surface area contributed by atoms with Crippen molar-refractivity contribution in [1.82, 2.24) is 13.5 Å². The number of rotatable bonds is 4. The molecule has 260 valence electrons. The molecule has 0 amide bonds. The molecule has 0 aliphatic carbocycles. The Bertz CT molecular complexity index is 3670. The molecule has 12 rings (SSSR count). The highest BCUT2D eigenvalue weighted by atomic mass is 28.3. The lowest BCUT2D eigenvalue weighted by molar-refractivity contribution is 1.18. The molecule has 4 heterocycles. The van der Waals surface area contributed by atoms with E-state index < -0.39 is 8.07 Å². The zero-order valence-electron chi connectivity index (χ0n) is 34.7. The number of hydrogen-bond acceptors (Lipinski definition) is 0. The first-order valence-electron chi connectivity index (χ1n) is 20.9. The topological polar surface area (TPSA) is 14.3 Å². The van der Waals surface area contributed by atoms with E-state index in [1.165, 1.54) is 21.5 Å². The number of hydrogen-bond donors (Lipinski definition) is 0. The van der Waals surface area contributed by atoms with E-state index in [0.29, 0.717) is 10.9 Å². The lowest BCUT2D eigenvalue weighted by atomic mass is 10.0. The minimum atomic E-state index is -1.61. The second kappa shape index (κ2) is 11.0. The lowest BCUT2D eigenvalue weighted by Crippen LogP contribution is -2.37. The molecule has 3 nitrogen and oxygen atoms in total. The van der Waals surface area contributed by atoms with Gasteiger partial charge in [-0.25, -0.2) is 0 Å². The highest BCUT2D eigenvalue weighted by Crippen LogP contribution is 2.43. The van der Waals surface area contributed by atoms with Crippen molar-refractivity contribution in [2.45, 2.75) is 19.6 Å². The molecule has 0 bridgehead atoms. The van der Waals surface area contributed by atoms with Gasteiger partial charge in [0.1, 0.15) is 0 Å². The highest BCUT2D eigenvalue weighted by Gasteiger charge is 2.22. The predicted molar refractivity (Wildman–Crippen MR) is 238 cm³/mol. The Labute approximate surface area is 324 Å². The van der Waals surface area contributed by atoms with Gasteiger partial charge < -0.3 is 13.5 Å². The van der Waals surface area contributed by atoms with Crippen molar-refractivity contribution in [1.29, 1.82) is 0 Å². The summed E-state index contributed by atoms with van der Waals surface area (Å²) >= 11 is 0. The summed E-state index contributed by atoms with van der Waals surface area (Å²) in [5, 5.41) is 9.63. The molecule has 0 radical (unpaired) electrons. The molecule has 0 spiro atoms. The number of fused-ring (bicyclic) bond motifs is 12. The van der Waals surface area contributed by atoms with E-state index >= 15 is 0 Å². The van der Waals surface area contributed by atoms with Gasteiger partial charge in [-0.05, 0) is 83.9 Å². The van der Waals surface area contributed by atoms with E-state index in [9.17, 15) is 2.74 Å². The van der Waals surface area contributed by atoms with E-state index in [-0.39, 0.29) is 24.2 Å². The molecule has 4 heteroatoms. The third kappa shape index (κ3) is 4.26. The number of benzene rings is 8. The number of aromatic nitrogens is 3. The molecule has 0 saturated heterocycles. The molecule has 8 aromatic carbocycles. The second-order valence-corrected chi connectivity index (χ2v) is 21.0. The predicted octanol–water partition coefficient (Wildman–Crippen LogP) is 13.2. The average Bonchev–Trinajstić information content (AvgIpc) is 3.98. The van der Waals surface area contributed by atoms with Crippen molar-refractivity contribution in [2.24, 2.45) is 0 Å². The molecule has 0 unspecified atom stereocenters. The third-order valence-electron chi connectivity index (χ3n) is 11.8. The molecule has 0 fully saturated rings. The van der Waals surface area contributed by atoms with Gasteiger partial charge in [0, 0.05) is 54.5 Å². The molecule has 0 atom stereocenters. The van der Waals surface area contributed by atoms with Gasteiger partial charge in [0.05, 0.1) is 52.2 Å². The Balaban J connectivity index is 1.14. The summed E-state index contributed by atoms with van der Waals surface area (Å²) in [5.41, 5.74) is 11.1. The van der Waals surface area contributed by atoms with Gasteiger partial charge in [-0.15, -0.1) is 0 Å². The largest absolute Gasteiger partial charge is 0.309 e. The van der Waals surface area contributed by atoms with Crippen LogP contribution < -0.4 is 5.19 Å². The SMILES string of the molecule is [2H]c1c([2H])c([2H])c2c(c1[2H])c1cc(-c3ccc4c(c3)c3cc([Si](C)(C)C)ccc3n4-c3ccccc3)ccc1n2-c1cc2c3ccccc3n3c4ccccc4c(c1)c23. The molecule has 12 aromatic rings. The first kappa shape index (κ1) is 27.0. The van der Waals surface area contributed by atoms with Crippen LogP contribution in [0.15, 0.2) is 170 Å². The van der Waals surface area contributed by atoms with Crippen LogP contribution >= 0.6 is 0 Å². The second-order valence-electron chi connectivity index (χ2n) is 15.9. The molecule has 55 heavy (non-hydrogen) atoms. The molecule has 4 aromatic heterocycles. The maximum absolute atomic E-state index is 9.34. The zero-order chi connectivity index (χ0) is 40.1. The van der Waals surface area contributed by atoms with Gasteiger partial charge in [0.15, 0.2) is 0 Å². The standard InChI is InChI=1S/C51H37N3Si/c1-55(2,3)36-23-26-50-42(31-36)41-28-33(22-25-49(41)52(50)34-13-5-4-6-14-34)32-21-24-48-40(27-32)37-15-7-10-18-45(37)53(48)35-29-43-38-16-8-11-19-46(38)54-47-20-12-9-17-39(47)44(30-35)51(43)54/h4-31H,1-3H3/i7D,10D,15D,18D. The maximum atomic E-state index is 9.34. The van der Waals surface area contributed by atoms with Crippen molar-refractivity contribution in [3.05, 3.63) is 170 Å². The minimum Gasteiger partial charge on any atom is -0.309 e. The zero-order valence-corrected chi connectivity index (χ0v) is 31.7. The number of para-hydroxylation sites is 4. The monoisotopic (exact) mass is 723 g/mol. The Hall–Kier alpha value is -6.62. The van der Waals surface area contributed by atoms with Crippen molar-refractivity contribution in [3.8, 4) is 22.5 Å². The Morgan fingerprint density at radius 3 is 1.56 bits per heavy atom. The Morgan fingerprint density at radius 1 is 0.400 bits per heavy atom. The van der Waals surface area contributed by atoms with E-state index in [0.717, 1.165) is 77.0 Å². The van der Waals surface area contributed by atoms with Crippen molar-refractivity contribution >= 4 is 95.0 Å². The van der Waals surface area contributed by atoms with Crippen LogP contribution in [0.5, 0.6) is 0 Å². The van der Waals surface area contributed by atoms with Crippen LogP contribution in [-0.2, 0) is 0 Å². The van der Waals surface area contributed by atoms with Crippen LogP contribution in [0.4, 0.5) is 0 Å². The minimum absolute atomic E-state index is 0.0327. The summed E-state index contributed by atoms with van der Waals surface area (Å²) in [7, 11) is -1.61. The number of nitrogens with zero attached hydrogens (tertiary/aromatic N) is 3. The van der Waals surface area contributed by atoms with Crippen LogP contribution in [0, 0.1) is 0 Å². The normalized spacial score (nSPS) is 13.7. The molecule has 0 saturated carbocycles. The summed E-state index contributed by atoms with van der Waals surface area (Å²) in [6.07, 6.45) is 0. The first-order valence-corrected chi connectivity index (χ1v) is 22.4. The molecule has 0 aliphatic heterocycles. The summed E-state index contributed by atoms with van der Waals surface area (Å²) in [6.45, 7) is 7.17. The maximum Gasteiger partial charge on any atom is 0.0776 e. The average molecular weight is 724 g/mol. The van der Waals surface area contributed by atoms with Crippen LogP contribution in [-0.4, -0.2) is 21.6 Å². The smallest absolute Gasteiger partial charge is 0.0776 e. The summed E-state index contributed by atoms with van der Waals surface area (Å²) in [6, 6.07) is 51.4. The van der Waals surface area contributed by atoms with E-state index in [1.807, 2.05) is 0 Å². The summed E-state index contributed by atoms with van der Waals surface area (Å²) in [5.74, 6) is 0. The lowest BCUT2D eigenvalue weighted by Gasteiger charge is -2.17. The quantitative estimate of drug-likeness (QED) is 0.161. The van der Waals surface area contributed by atoms with Gasteiger partial charge in [-0.1, -0.05) is 122 Å². The van der Waals surface area contributed by atoms with Gasteiger partial charge in [0.25, 0.3) is 0 Å². The highest BCUT2D eigenvalue weighted by molar-refractivity contribution is 6.88. The first-order chi connectivity index (χ1) is 28.6. The fraction of sp³-hybridized carbons (Fsp3) is 0.0588. The van der Waals surface area contributed by atoms with Gasteiger partial charge >= 0.3 is 0 Å². The van der Waals surface area contributed by atoms with Gasteiger partial charge in [0.2, 0.25) is 0 Å². The molecular formula is C51H37N3Si. The van der Waals surface area contributed by atoms with Crippen LogP contribution in [0.2, 0.25) is 19.6 Å².